The summed E-state index contributed by atoms with van der Waals surface area (Å²) in [4.78, 5) is 29.8. The van der Waals surface area contributed by atoms with E-state index in [-0.39, 0.29) is 5.91 Å². The number of hydrogen-bond donors (Lipinski definition) is 0. The maximum Gasteiger partial charge on any atom is 0.264 e. The number of aryl methyl sites for hydroxylation is 1. The van der Waals surface area contributed by atoms with E-state index in [0.29, 0.717) is 6.04 Å². The molecule has 0 atom stereocenters. The average molecular weight is 343 g/mol. The third kappa shape index (κ3) is 3.01. The highest BCUT2D eigenvalue weighted by molar-refractivity contribution is 7.13. The largest absolute Gasteiger partial charge is 0.338 e. The van der Waals surface area contributed by atoms with Crippen LogP contribution in [0.4, 0.5) is 5.95 Å². The van der Waals surface area contributed by atoms with Gasteiger partial charge in [0.15, 0.2) is 0 Å². The van der Waals surface area contributed by atoms with Gasteiger partial charge < -0.3 is 9.80 Å². The van der Waals surface area contributed by atoms with Gasteiger partial charge in [0.2, 0.25) is 5.95 Å². The van der Waals surface area contributed by atoms with E-state index in [1.165, 1.54) is 4.88 Å². The third-order valence-corrected chi connectivity index (χ3v) is 5.75. The Labute approximate surface area is 145 Å². The van der Waals surface area contributed by atoms with Gasteiger partial charge in [-0.25, -0.2) is 9.97 Å². The summed E-state index contributed by atoms with van der Waals surface area (Å²) in [6, 6.07) is 6.29. The number of rotatable bonds is 3. The average Bonchev–Trinajstić information content (AvgIpc) is 3.01. The van der Waals surface area contributed by atoms with E-state index in [4.69, 9.17) is 0 Å². The quantitative estimate of drug-likeness (QED) is 0.845. The van der Waals surface area contributed by atoms with Gasteiger partial charge in [-0.15, -0.1) is 11.3 Å². The zero-order valence-electron chi connectivity index (χ0n) is 13.8. The zero-order chi connectivity index (χ0) is 16.5. The van der Waals surface area contributed by atoms with Crippen LogP contribution in [0.1, 0.15) is 14.5 Å². The van der Waals surface area contributed by atoms with Gasteiger partial charge in [0.25, 0.3) is 5.91 Å². The SMILES string of the molecule is Cc1ccc(C(=O)N2CC(N3CCN(c4ncccn4)CC3)C2)s1. The Bertz CT molecular complexity index is 705. The van der Waals surface area contributed by atoms with Crippen LogP contribution in [0.5, 0.6) is 0 Å². The topological polar surface area (TPSA) is 52.6 Å². The molecular formula is C17H21N5OS. The first-order chi connectivity index (χ1) is 11.7. The number of anilines is 1. The monoisotopic (exact) mass is 343 g/mol. The second-order valence-corrected chi connectivity index (χ2v) is 7.63. The smallest absolute Gasteiger partial charge is 0.264 e. The van der Waals surface area contributed by atoms with Gasteiger partial charge in [-0.2, -0.15) is 0 Å². The van der Waals surface area contributed by atoms with Crippen molar-refractivity contribution < 1.29 is 4.79 Å². The second kappa shape index (κ2) is 6.49. The molecule has 4 rings (SSSR count). The normalized spacial score (nSPS) is 19.4. The summed E-state index contributed by atoms with van der Waals surface area (Å²) in [5.41, 5.74) is 0. The van der Waals surface area contributed by atoms with Gasteiger partial charge in [0.05, 0.1) is 4.88 Å². The van der Waals surface area contributed by atoms with Crippen molar-refractivity contribution in [2.24, 2.45) is 0 Å². The van der Waals surface area contributed by atoms with Crippen LogP contribution in [0.25, 0.3) is 0 Å². The first kappa shape index (κ1) is 15.5. The Morgan fingerprint density at radius 1 is 1.12 bits per heavy atom. The van der Waals surface area contributed by atoms with E-state index >= 15 is 0 Å². The fourth-order valence-corrected chi connectivity index (χ4v) is 4.13. The minimum atomic E-state index is 0.181. The molecule has 7 heteroatoms. The van der Waals surface area contributed by atoms with Gasteiger partial charge in [-0.1, -0.05) is 0 Å². The Kier molecular flexibility index (Phi) is 4.20. The standard InChI is InChI=1S/C17H21N5OS/c1-13-3-4-15(24-13)16(23)22-11-14(12-22)20-7-9-21(10-8-20)17-18-5-2-6-19-17/h2-6,14H,7-12H2,1H3. The molecule has 0 radical (unpaired) electrons. The fourth-order valence-electron chi connectivity index (χ4n) is 3.30. The van der Waals surface area contributed by atoms with Crippen LogP contribution in [0, 0.1) is 6.92 Å². The highest BCUT2D eigenvalue weighted by atomic mass is 32.1. The third-order valence-electron chi connectivity index (χ3n) is 4.77. The van der Waals surface area contributed by atoms with Crippen LogP contribution in [0.15, 0.2) is 30.6 Å². The molecule has 1 amide bonds. The van der Waals surface area contributed by atoms with Crippen LogP contribution in [-0.4, -0.2) is 71.0 Å². The molecule has 0 N–H and O–H groups in total. The summed E-state index contributed by atoms with van der Waals surface area (Å²) in [7, 11) is 0. The van der Waals surface area contributed by atoms with E-state index in [1.807, 2.05) is 30.0 Å². The lowest BCUT2D eigenvalue weighted by molar-refractivity contribution is 0.0250. The van der Waals surface area contributed by atoms with E-state index in [1.54, 1.807) is 23.7 Å². The summed E-state index contributed by atoms with van der Waals surface area (Å²) in [5, 5.41) is 0. The lowest BCUT2D eigenvalue weighted by Gasteiger charge is -2.48. The van der Waals surface area contributed by atoms with Crippen LogP contribution in [0.2, 0.25) is 0 Å². The summed E-state index contributed by atoms with van der Waals surface area (Å²) in [5.74, 6) is 0.997. The van der Waals surface area contributed by atoms with Crippen LogP contribution in [-0.2, 0) is 0 Å². The number of likely N-dealkylation sites (tertiary alicyclic amines) is 1. The summed E-state index contributed by atoms with van der Waals surface area (Å²) < 4.78 is 0. The molecular weight excluding hydrogens is 322 g/mol. The number of amides is 1. The molecule has 0 aliphatic carbocycles. The lowest BCUT2D eigenvalue weighted by Crippen LogP contribution is -2.64. The Balaban J connectivity index is 1.27. The molecule has 2 fully saturated rings. The zero-order valence-corrected chi connectivity index (χ0v) is 14.6. The number of carbonyl (C=O) groups is 1. The molecule has 0 saturated carbocycles. The van der Waals surface area contributed by atoms with Crippen molar-refractivity contribution in [3.8, 4) is 0 Å². The Morgan fingerprint density at radius 2 is 1.83 bits per heavy atom. The molecule has 6 nitrogen and oxygen atoms in total. The van der Waals surface area contributed by atoms with E-state index < -0.39 is 0 Å². The Morgan fingerprint density at radius 3 is 2.46 bits per heavy atom. The van der Waals surface area contributed by atoms with Crippen molar-refractivity contribution in [2.45, 2.75) is 13.0 Å². The van der Waals surface area contributed by atoms with Crippen LogP contribution >= 0.6 is 11.3 Å². The molecule has 0 spiro atoms. The van der Waals surface area contributed by atoms with Crippen molar-refractivity contribution in [3.63, 3.8) is 0 Å². The van der Waals surface area contributed by atoms with Crippen LogP contribution in [0.3, 0.4) is 0 Å². The van der Waals surface area contributed by atoms with E-state index in [9.17, 15) is 4.79 Å². The molecule has 24 heavy (non-hydrogen) atoms. The molecule has 2 aromatic heterocycles. The summed E-state index contributed by atoms with van der Waals surface area (Å²) in [6.45, 7) is 7.62. The summed E-state index contributed by atoms with van der Waals surface area (Å²) >= 11 is 1.58. The highest BCUT2D eigenvalue weighted by Crippen LogP contribution is 2.23. The first-order valence-electron chi connectivity index (χ1n) is 8.32. The minimum absolute atomic E-state index is 0.181. The van der Waals surface area contributed by atoms with Gasteiger partial charge >= 0.3 is 0 Å². The van der Waals surface area contributed by atoms with Gasteiger partial charge in [-0.3, -0.25) is 9.69 Å². The van der Waals surface area contributed by atoms with Gasteiger partial charge in [0.1, 0.15) is 0 Å². The van der Waals surface area contributed by atoms with Crippen molar-refractivity contribution >= 4 is 23.2 Å². The molecule has 4 heterocycles. The number of hydrogen-bond acceptors (Lipinski definition) is 6. The highest BCUT2D eigenvalue weighted by Gasteiger charge is 2.36. The molecule has 0 unspecified atom stereocenters. The number of aromatic nitrogens is 2. The minimum Gasteiger partial charge on any atom is -0.338 e. The number of carbonyl (C=O) groups excluding carboxylic acids is 1. The Hall–Kier alpha value is -1.99. The maximum absolute atomic E-state index is 12.4. The number of nitrogens with zero attached hydrogens (tertiary/aromatic N) is 5. The molecule has 2 aliphatic rings. The molecule has 126 valence electrons. The molecule has 2 saturated heterocycles. The van der Waals surface area contributed by atoms with E-state index in [0.717, 1.165) is 50.1 Å². The number of thiophene rings is 1. The van der Waals surface area contributed by atoms with Crippen molar-refractivity contribution in [1.29, 1.82) is 0 Å². The van der Waals surface area contributed by atoms with E-state index in [2.05, 4.69) is 19.8 Å². The van der Waals surface area contributed by atoms with Crippen molar-refractivity contribution in [2.75, 3.05) is 44.2 Å². The fraction of sp³-hybridized carbons (Fsp3) is 0.471. The molecule has 0 bridgehead atoms. The predicted molar refractivity (Wildman–Crippen MR) is 94.6 cm³/mol. The summed E-state index contributed by atoms with van der Waals surface area (Å²) in [6.07, 6.45) is 3.58. The maximum atomic E-state index is 12.4. The van der Waals surface area contributed by atoms with Crippen LogP contribution < -0.4 is 4.90 Å². The number of piperazine rings is 1. The second-order valence-electron chi connectivity index (χ2n) is 6.35. The lowest BCUT2D eigenvalue weighted by atomic mass is 10.1. The van der Waals surface area contributed by atoms with Gasteiger partial charge in [0, 0.05) is 62.6 Å². The van der Waals surface area contributed by atoms with Gasteiger partial charge in [-0.05, 0) is 25.1 Å². The van der Waals surface area contributed by atoms with Crippen molar-refractivity contribution in [1.82, 2.24) is 19.8 Å². The molecule has 2 aromatic rings. The molecule has 2 aliphatic heterocycles. The first-order valence-corrected chi connectivity index (χ1v) is 9.14. The van der Waals surface area contributed by atoms with Crippen molar-refractivity contribution in [3.05, 3.63) is 40.3 Å². The molecule has 0 aromatic carbocycles. The predicted octanol–water partition coefficient (Wildman–Crippen LogP) is 1.49.